The fourth-order valence-electron chi connectivity index (χ4n) is 5.69. The molecule has 1 aliphatic heterocycles. The average molecular weight is 562 g/mol. The quantitative estimate of drug-likeness (QED) is 0.236. The van der Waals surface area contributed by atoms with Crippen LogP contribution in [-0.2, 0) is 12.4 Å². The van der Waals surface area contributed by atoms with Crippen LogP contribution in [0.15, 0.2) is 77.6 Å². The molecular weight excluding hydrogens is 532 g/mol. The molecular formula is C30H29F6N3O. The first-order chi connectivity index (χ1) is 19.0. The van der Waals surface area contributed by atoms with Gasteiger partial charge >= 0.3 is 18.0 Å². The van der Waals surface area contributed by atoms with Gasteiger partial charge in [-0.25, -0.2) is 4.79 Å². The maximum atomic E-state index is 13.1. The third kappa shape index (κ3) is 6.11. The molecule has 212 valence electrons. The van der Waals surface area contributed by atoms with E-state index in [2.05, 4.69) is 9.88 Å². The van der Waals surface area contributed by atoms with Crippen molar-refractivity contribution in [2.24, 2.45) is 0 Å². The average Bonchev–Trinajstić information content (AvgIpc) is 3.26. The predicted molar refractivity (Wildman–Crippen MR) is 141 cm³/mol. The van der Waals surface area contributed by atoms with Gasteiger partial charge in [0.05, 0.1) is 22.2 Å². The highest BCUT2D eigenvalue weighted by atomic mass is 19.4. The minimum atomic E-state index is -4.47. The number of halogens is 6. The number of likely N-dealkylation sites (tertiary alicyclic amines) is 1. The number of hydrogen-bond acceptors (Lipinski definition) is 2. The van der Waals surface area contributed by atoms with Gasteiger partial charge in [0.1, 0.15) is 0 Å². The first-order valence-electron chi connectivity index (χ1n) is 13.3. The second kappa shape index (κ2) is 11.2. The lowest BCUT2D eigenvalue weighted by Gasteiger charge is -2.33. The zero-order chi connectivity index (χ0) is 28.5. The summed E-state index contributed by atoms with van der Waals surface area (Å²) in [6, 6.07) is 17.4. The Kier molecular flexibility index (Phi) is 7.81. The number of fused-ring (bicyclic) bond motifs is 1. The lowest BCUT2D eigenvalue weighted by Crippen LogP contribution is -2.37. The molecule has 5 rings (SSSR count). The number of imidazole rings is 1. The summed E-state index contributed by atoms with van der Waals surface area (Å²) in [5.74, 6) is -0.341. The molecule has 1 aromatic heterocycles. The molecule has 40 heavy (non-hydrogen) atoms. The van der Waals surface area contributed by atoms with Crippen molar-refractivity contribution in [3.63, 3.8) is 0 Å². The molecule has 0 atom stereocenters. The topological polar surface area (TPSA) is 41.0 Å². The van der Waals surface area contributed by atoms with Crippen molar-refractivity contribution >= 4 is 11.0 Å². The molecule has 0 aliphatic carbocycles. The Morgan fingerprint density at radius 3 is 1.82 bits per heavy atom. The van der Waals surface area contributed by atoms with Gasteiger partial charge in [0.15, 0.2) is 0 Å². The molecule has 0 unspecified atom stereocenters. The fourth-order valence-corrected chi connectivity index (χ4v) is 5.69. The Morgan fingerprint density at radius 1 is 0.775 bits per heavy atom. The van der Waals surface area contributed by atoms with Gasteiger partial charge in [-0.3, -0.25) is 4.57 Å². The molecule has 0 saturated carbocycles. The number of nitrogens with one attached hydrogen (secondary N) is 1. The summed E-state index contributed by atoms with van der Waals surface area (Å²) >= 11 is 0. The van der Waals surface area contributed by atoms with Crippen LogP contribution in [0.5, 0.6) is 0 Å². The molecule has 0 bridgehead atoms. The van der Waals surface area contributed by atoms with Crippen molar-refractivity contribution in [1.29, 1.82) is 0 Å². The van der Waals surface area contributed by atoms with Crippen LogP contribution in [0.2, 0.25) is 0 Å². The Morgan fingerprint density at radius 2 is 1.30 bits per heavy atom. The van der Waals surface area contributed by atoms with Crippen LogP contribution in [0.4, 0.5) is 26.3 Å². The molecule has 1 fully saturated rings. The lowest BCUT2D eigenvalue weighted by atomic mass is 9.86. The van der Waals surface area contributed by atoms with Crippen molar-refractivity contribution in [3.05, 3.63) is 106 Å². The van der Waals surface area contributed by atoms with E-state index in [0.717, 1.165) is 67.8 Å². The first kappa shape index (κ1) is 28.0. The number of piperidine rings is 1. The first-order valence-corrected chi connectivity index (χ1v) is 13.3. The van der Waals surface area contributed by atoms with Crippen LogP contribution in [0.1, 0.15) is 59.9 Å². The van der Waals surface area contributed by atoms with Gasteiger partial charge in [-0.2, -0.15) is 26.3 Å². The van der Waals surface area contributed by atoms with E-state index in [0.29, 0.717) is 24.0 Å². The molecule has 0 radical (unpaired) electrons. The minimum absolute atomic E-state index is 0.0898. The maximum absolute atomic E-state index is 13.1. The minimum Gasteiger partial charge on any atom is -0.306 e. The molecule has 0 amide bonds. The highest BCUT2D eigenvalue weighted by Crippen LogP contribution is 2.36. The number of aromatic amines is 1. The van der Waals surface area contributed by atoms with E-state index in [1.165, 1.54) is 24.3 Å². The van der Waals surface area contributed by atoms with Crippen molar-refractivity contribution in [2.45, 2.75) is 50.0 Å². The number of H-pyrrole nitrogens is 1. The Hall–Kier alpha value is -3.53. The molecule has 3 aromatic carbocycles. The standard InChI is InChI=1S/C30H29F6N3O/c31-29(32,33)22-11-7-20(8-12-22)25(21-9-13-23(14-10-21)30(34,35)36)4-3-17-38-18-15-24(16-19-38)39-27-6-2-1-5-26(27)37-28(39)40/h1-2,5-14,24-25H,3-4,15-19H2,(H,37,40). The van der Waals surface area contributed by atoms with E-state index in [-0.39, 0.29) is 17.6 Å². The van der Waals surface area contributed by atoms with Gasteiger partial charge in [0.2, 0.25) is 0 Å². The Bertz CT molecular complexity index is 1420. The largest absolute Gasteiger partial charge is 0.416 e. The zero-order valence-electron chi connectivity index (χ0n) is 21.6. The van der Waals surface area contributed by atoms with Gasteiger partial charge in [-0.05, 0) is 79.8 Å². The number of para-hydroxylation sites is 2. The van der Waals surface area contributed by atoms with Crippen molar-refractivity contribution < 1.29 is 26.3 Å². The molecule has 1 saturated heterocycles. The molecule has 1 N–H and O–H groups in total. The third-order valence-electron chi connectivity index (χ3n) is 7.79. The summed E-state index contributed by atoms with van der Waals surface area (Å²) < 4.78 is 80.4. The van der Waals surface area contributed by atoms with Crippen molar-refractivity contribution in [3.8, 4) is 0 Å². The maximum Gasteiger partial charge on any atom is 0.416 e. The van der Waals surface area contributed by atoms with Crippen molar-refractivity contribution in [1.82, 2.24) is 14.5 Å². The van der Waals surface area contributed by atoms with Crippen molar-refractivity contribution in [2.75, 3.05) is 19.6 Å². The Balaban J connectivity index is 1.25. The zero-order valence-corrected chi connectivity index (χ0v) is 21.6. The van der Waals surface area contributed by atoms with E-state index in [9.17, 15) is 31.1 Å². The molecule has 0 spiro atoms. The summed E-state index contributed by atoms with van der Waals surface area (Å²) in [5, 5.41) is 0. The predicted octanol–water partition coefficient (Wildman–Crippen LogP) is 7.62. The third-order valence-corrected chi connectivity index (χ3v) is 7.79. The van der Waals surface area contributed by atoms with Crippen LogP contribution in [0.3, 0.4) is 0 Å². The van der Waals surface area contributed by atoms with E-state index >= 15 is 0 Å². The molecule has 10 heteroatoms. The smallest absolute Gasteiger partial charge is 0.306 e. The number of hydrogen-bond donors (Lipinski definition) is 1. The van der Waals surface area contributed by atoms with E-state index < -0.39 is 23.5 Å². The number of nitrogens with zero attached hydrogens (tertiary/aromatic N) is 2. The number of alkyl halides is 6. The monoisotopic (exact) mass is 561 g/mol. The highest BCUT2D eigenvalue weighted by Gasteiger charge is 2.32. The van der Waals surface area contributed by atoms with Crippen LogP contribution >= 0.6 is 0 Å². The Labute approximate surface area is 227 Å². The van der Waals surface area contributed by atoms with Gasteiger partial charge in [-0.15, -0.1) is 0 Å². The highest BCUT2D eigenvalue weighted by molar-refractivity contribution is 5.75. The fraction of sp³-hybridized carbons (Fsp3) is 0.367. The summed E-state index contributed by atoms with van der Waals surface area (Å²) in [7, 11) is 0. The summed E-state index contributed by atoms with van der Waals surface area (Å²) in [6.07, 6.45) is -6.03. The van der Waals surface area contributed by atoms with E-state index in [4.69, 9.17) is 0 Å². The van der Waals surface area contributed by atoms with Crippen LogP contribution < -0.4 is 5.69 Å². The number of aromatic nitrogens is 2. The second-order valence-electron chi connectivity index (χ2n) is 10.3. The number of rotatable bonds is 7. The summed E-state index contributed by atoms with van der Waals surface area (Å²) in [4.78, 5) is 17.8. The van der Waals surface area contributed by atoms with E-state index in [1.807, 2.05) is 28.8 Å². The van der Waals surface area contributed by atoms with Gasteiger partial charge in [0.25, 0.3) is 0 Å². The van der Waals surface area contributed by atoms with Gasteiger partial charge in [-0.1, -0.05) is 36.4 Å². The van der Waals surface area contributed by atoms with Gasteiger partial charge in [0, 0.05) is 25.0 Å². The van der Waals surface area contributed by atoms with Crippen LogP contribution in [-0.4, -0.2) is 34.1 Å². The van der Waals surface area contributed by atoms with Crippen LogP contribution in [0, 0.1) is 0 Å². The second-order valence-corrected chi connectivity index (χ2v) is 10.3. The molecule has 4 nitrogen and oxygen atoms in total. The van der Waals surface area contributed by atoms with Gasteiger partial charge < -0.3 is 9.88 Å². The SMILES string of the molecule is O=c1[nH]c2ccccc2n1C1CCN(CCCC(c2ccc(C(F)(F)F)cc2)c2ccc(C(F)(F)F)cc2)CC1. The molecule has 4 aromatic rings. The lowest BCUT2D eigenvalue weighted by molar-refractivity contribution is -0.138. The summed E-state index contributed by atoms with van der Waals surface area (Å²) in [6.45, 7) is 2.33. The van der Waals surface area contributed by atoms with Crippen LogP contribution in [0.25, 0.3) is 11.0 Å². The summed E-state index contributed by atoms with van der Waals surface area (Å²) in [5.41, 5.74) is 1.32. The molecule has 2 heterocycles. The normalized spacial score (nSPS) is 15.8. The number of benzene rings is 3. The molecule has 1 aliphatic rings. The van der Waals surface area contributed by atoms with E-state index in [1.54, 1.807) is 0 Å².